The van der Waals surface area contributed by atoms with Crippen LogP contribution in [0, 0.1) is 0 Å². The first kappa shape index (κ1) is 14.0. The number of aromatic amines is 1. The first-order chi connectivity index (χ1) is 8.90. The van der Waals surface area contributed by atoms with Gasteiger partial charge in [0.25, 0.3) is 0 Å². The van der Waals surface area contributed by atoms with Gasteiger partial charge in [0.05, 0.1) is 10.9 Å². The van der Waals surface area contributed by atoms with E-state index in [0.717, 1.165) is 0 Å². The van der Waals surface area contributed by atoms with Gasteiger partial charge in [0.15, 0.2) is 0 Å². The molecule has 1 aromatic heterocycles. The summed E-state index contributed by atoms with van der Waals surface area (Å²) in [5.41, 5.74) is 6.12. The number of H-pyrrole nitrogens is 1. The van der Waals surface area contributed by atoms with Crippen molar-refractivity contribution >= 4 is 31.6 Å². The second-order valence-corrected chi connectivity index (χ2v) is 6.57. The zero-order chi connectivity index (χ0) is 14.0. The molecule has 0 aliphatic heterocycles. The molecule has 2 aromatic rings. The molecule has 0 amide bonds. The molecule has 0 aliphatic carbocycles. The van der Waals surface area contributed by atoms with Crippen LogP contribution < -0.4 is 10.5 Å². The van der Waals surface area contributed by atoms with Crippen molar-refractivity contribution in [2.75, 3.05) is 5.73 Å². The lowest BCUT2D eigenvalue weighted by molar-refractivity contribution is 0.561. The van der Waals surface area contributed by atoms with Crippen molar-refractivity contribution in [2.45, 2.75) is 17.9 Å². The Balaban J connectivity index is 2.25. The summed E-state index contributed by atoms with van der Waals surface area (Å²) in [4.78, 5) is 7.02. The van der Waals surface area contributed by atoms with E-state index in [1.165, 1.54) is 18.2 Å². The van der Waals surface area contributed by atoms with Gasteiger partial charge in [0.2, 0.25) is 10.0 Å². The third kappa shape index (κ3) is 3.14. The van der Waals surface area contributed by atoms with Crippen molar-refractivity contribution in [1.29, 1.82) is 0 Å². The Hall–Kier alpha value is -1.38. The molecular formula is C11H13BrN4O2S. The highest BCUT2D eigenvalue weighted by atomic mass is 79.9. The molecule has 1 aromatic carbocycles. The standard InChI is InChI=1S/C11H13BrN4O2S/c1-7(11-14-4-5-15-11)16-19(17,18)8-2-3-10(13)9(12)6-8/h2-7,16H,13H2,1H3,(H,14,15). The lowest BCUT2D eigenvalue weighted by Gasteiger charge is -2.12. The topological polar surface area (TPSA) is 101 Å². The number of hydrogen-bond donors (Lipinski definition) is 3. The van der Waals surface area contributed by atoms with Crippen LogP contribution in [0.4, 0.5) is 5.69 Å². The molecule has 0 saturated carbocycles. The quantitative estimate of drug-likeness (QED) is 0.736. The van der Waals surface area contributed by atoms with E-state index >= 15 is 0 Å². The number of halogens is 1. The first-order valence-electron chi connectivity index (χ1n) is 5.47. The Labute approximate surface area is 119 Å². The maximum absolute atomic E-state index is 12.2. The Bertz CT molecular complexity index is 670. The second-order valence-electron chi connectivity index (χ2n) is 4.00. The number of nitrogens with two attached hydrogens (primary N) is 1. The van der Waals surface area contributed by atoms with E-state index in [4.69, 9.17) is 5.73 Å². The van der Waals surface area contributed by atoms with E-state index in [2.05, 4.69) is 30.6 Å². The van der Waals surface area contributed by atoms with E-state index in [-0.39, 0.29) is 4.90 Å². The molecule has 0 fully saturated rings. The van der Waals surface area contributed by atoms with Crippen molar-refractivity contribution in [3.63, 3.8) is 0 Å². The third-order valence-electron chi connectivity index (χ3n) is 2.54. The summed E-state index contributed by atoms with van der Waals surface area (Å²) in [5, 5.41) is 0. The van der Waals surface area contributed by atoms with Gasteiger partial charge in [-0.05, 0) is 41.1 Å². The number of sulfonamides is 1. The summed E-state index contributed by atoms with van der Waals surface area (Å²) in [5.74, 6) is 0.554. The number of aromatic nitrogens is 2. The predicted molar refractivity (Wildman–Crippen MR) is 75.9 cm³/mol. The molecular weight excluding hydrogens is 332 g/mol. The zero-order valence-corrected chi connectivity index (χ0v) is 12.5. The summed E-state index contributed by atoms with van der Waals surface area (Å²) in [6, 6.07) is 4.01. The smallest absolute Gasteiger partial charge is 0.241 e. The number of nitrogens with one attached hydrogen (secondary N) is 2. The monoisotopic (exact) mass is 344 g/mol. The highest BCUT2D eigenvalue weighted by Crippen LogP contribution is 2.23. The fourth-order valence-corrected chi connectivity index (χ4v) is 3.31. The van der Waals surface area contributed by atoms with Gasteiger partial charge < -0.3 is 10.7 Å². The normalized spacial score (nSPS) is 13.4. The number of anilines is 1. The molecule has 19 heavy (non-hydrogen) atoms. The van der Waals surface area contributed by atoms with Gasteiger partial charge in [-0.3, -0.25) is 0 Å². The molecule has 1 atom stereocenters. The fraction of sp³-hybridized carbons (Fsp3) is 0.182. The minimum absolute atomic E-state index is 0.145. The molecule has 2 rings (SSSR count). The summed E-state index contributed by atoms with van der Waals surface area (Å²) >= 11 is 3.21. The van der Waals surface area contributed by atoms with Crippen LogP contribution in [0.5, 0.6) is 0 Å². The van der Waals surface area contributed by atoms with Crippen LogP contribution in [0.15, 0.2) is 40.0 Å². The van der Waals surface area contributed by atoms with Crippen molar-refractivity contribution < 1.29 is 8.42 Å². The van der Waals surface area contributed by atoms with Crippen molar-refractivity contribution in [1.82, 2.24) is 14.7 Å². The highest BCUT2D eigenvalue weighted by molar-refractivity contribution is 9.10. The Morgan fingerprint density at radius 3 is 2.79 bits per heavy atom. The number of rotatable bonds is 4. The van der Waals surface area contributed by atoms with Crippen molar-refractivity contribution in [2.24, 2.45) is 0 Å². The van der Waals surface area contributed by atoms with Crippen LogP contribution in [0.1, 0.15) is 18.8 Å². The van der Waals surface area contributed by atoms with Gasteiger partial charge in [0.1, 0.15) is 5.82 Å². The molecule has 0 radical (unpaired) electrons. The van der Waals surface area contributed by atoms with Crippen molar-refractivity contribution in [3.05, 3.63) is 40.9 Å². The molecule has 4 N–H and O–H groups in total. The predicted octanol–water partition coefficient (Wildman–Crippen LogP) is 1.79. The number of benzene rings is 1. The average Bonchev–Trinajstić information content (AvgIpc) is 2.85. The molecule has 6 nitrogen and oxygen atoms in total. The molecule has 0 aliphatic rings. The Morgan fingerprint density at radius 2 is 2.21 bits per heavy atom. The van der Waals surface area contributed by atoms with Crippen LogP contribution in [-0.4, -0.2) is 18.4 Å². The van der Waals surface area contributed by atoms with Crippen LogP contribution >= 0.6 is 15.9 Å². The lowest BCUT2D eigenvalue weighted by atomic mass is 10.3. The molecule has 0 spiro atoms. The lowest BCUT2D eigenvalue weighted by Crippen LogP contribution is -2.27. The van der Waals surface area contributed by atoms with Crippen LogP contribution in [0.2, 0.25) is 0 Å². The Morgan fingerprint density at radius 1 is 1.47 bits per heavy atom. The van der Waals surface area contributed by atoms with E-state index < -0.39 is 16.1 Å². The number of nitrogens with zero attached hydrogens (tertiary/aromatic N) is 1. The summed E-state index contributed by atoms with van der Waals surface area (Å²) < 4.78 is 27.5. The largest absolute Gasteiger partial charge is 0.398 e. The zero-order valence-electron chi connectivity index (χ0n) is 10.1. The molecule has 0 bridgehead atoms. The Kier molecular flexibility index (Phi) is 3.93. The molecule has 8 heteroatoms. The molecule has 1 heterocycles. The van der Waals surface area contributed by atoms with Crippen LogP contribution in [0.3, 0.4) is 0 Å². The van der Waals surface area contributed by atoms with Gasteiger partial charge in [-0.2, -0.15) is 0 Å². The average molecular weight is 345 g/mol. The van der Waals surface area contributed by atoms with Gasteiger partial charge in [0, 0.05) is 22.6 Å². The van der Waals surface area contributed by atoms with Gasteiger partial charge in [-0.1, -0.05) is 0 Å². The van der Waals surface area contributed by atoms with E-state index in [1.54, 1.807) is 19.3 Å². The summed E-state index contributed by atoms with van der Waals surface area (Å²) in [6.07, 6.45) is 3.21. The summed E-state index contributed by atoms with van der Waals surface area (Å²) in [7, 11) is -3.62. The maximum Gasteiger partial charge on any atom is 0.241 e. The SMILES string of the molecule is CC(NS(=O)(=O)c1ccc(N)c(Br)c1)c1ncc[nH]1. The van der Waals surface area contributed by atoms with Gasteiger partial charge >= 0.3 is 0 Å². The van der Waals surface area contributed by atoms with E-state index in [0.29, 0.717) is 16.0 Å². The highest BCUT2D eigenvalue weighted by Gasteiger charge is 2.20. The molecule has 1 unspecified atom stereocenters. The van der Waals surface area contributed by atoms with Gasteiger partial charge in [-0.15, -0.1) is 0 Å². The fourth-order valence-electron chi connectivity index (χ4n) is 1.55. The minimum Gasteiger partial charge on any atom is -0.398 e. The maximum atomic E-state index is 12.2. The van der Waals surface area contributed by atoms with E-state index in [9.17, 15) is 8.42 Å². The molecule has 102 valence electrons. The number of nitrogen functional groups attached to an aromatic ring is 1. The van der Waals surface area contributed by atoms with E-state index in [1.807, 2.05) is 0 Å². The second kappa shape index (κ2) is 5.32. The third-order valence-corrected chi connectivity index (χ3v) is 4.77. The van der Waals surface area contributed by atoms with Crippen LogP contribution in [-0.2, 0) is 10.0 Å². The minimum atomic E-state index is -3.62. The number of imidazole rings is 1. The van der Waals surface area contributed by atoms with Gasteiger partial charge in [-0.25, -0.2) is 18.1 Å². The number of hydrogen-bond acceptors (Lipinski definition) is 4. The van der Waals surface area contributed by atoms with Crippen LogP contribution in [0.25, 0.3) is 0 Å². The first-order valence-corrected chi connectivity index (χ1v) is 7.74. The van der Waals surface area contributed by atoms with Crippen molar-refractivity contribution in [3.8, 4) is 0 Å². The summed E-state index contributed by atoms with van der Waals surface area (Å²) in [6.45, 7) is 1.71. The molecule has 0 saturated heterocycles.